The van der Waals surface area contributed by atoms with Crippen molar-refractivity contribution in [1.29, 1.82) is 0 Å². The van der Waals surface area contributed by atoms with Crippen LogP contribution in [0, 0.1) is 5.82 Å². The minimum Gasteiger partial charge on any atom is -0.493 e. The summed E-state index contributed by atoms with van der Waals surface area (Å²) in [6.07, 6.45) is 0.857. The van der Waals surface area contributed by atoms with Gasteiger partial charge in [-0.25, -0.2) is 4.39 Å². The third kappa shape index (κ3) is 3.25. The Morgan fingerprint density at radius 3 is 2.70 bits per heavy atom. The van der Waals surface area contributed by atoms with Crippen molar-refractivity contribution in [2.24, 2.45) is 0 Å². The fraction of sp³-hybridized carbons (Fsp3) is 0.188. The standard InChI is InChI=1S/C16H14BrFO2/c1-2-9-20-15-6-4-3-5-12(15)16(19)11-7-8-13(17)14(18)10-11/h3-8,10H,2,9H2,1H3. The molecule has 0 spiro atoms. The zero-order valence-electron chi connectivity index (χ0n) is 11.0. The maximum absolute atomic E-state index is 13.5. The molecular weight excluding hydrogens is 323 g/mol. The largest absolute Gasteiger partial charge is 0.493 e. The highest BCUT2D eigenvalue weighted by Gasteiger charge is 2.15. The summed E-state index contributed by atoms with van der Waals surface area (Å²) >= 11 is 3.07. The van der Waals surface area contributed by atoms with Crippen LogP contribution in [0.1, 0.15) is 29.3 Å². The summed E-state index contributed by atoms with van der Waals surface area (Å²) in [5.74, 6) is -0.173. The highest BCUT2D eigenvalue weighted by Crippen LogP contribution is 2.24. The SMILES string of the molecule is CCCOc1ccccc1C(=O)c1ccc(Br)c(F)c1. The van der Waals surface area contributed by atoms with E-state index in [1.54, 1.807) is 24.3 Å². The zero-order chi connectivity index (χ0) is 14.5. The van der Waals surface area contributed by atoms with Gasteiger partial charge in [0, 0.05) is 5.56 Å². The molecule has 2 aromatic carbocycles. The normalized spacial score (nSPS) is 10.3. The first-order chi connectivity index (χ1) is 9.63. The van der Waals surface area contributed by atoms with Crippen molar-refractivity contribution in [3.05, 3.63) is 63.9 Å². The molecule has 0 fully saturated rings. The molecule has 0 heterocycles. The van der Waals surface area contributed by atoms with Crippen LogP contribution in [-0.2, 0) is 0 Å². The third-order valence-electron chi connectivity index (χ3n) is 2.78. The first kappa shape index (κ1) is 14.7. The molecule has 0 aliphatic rings. The minimum atomic E-state index is -0.456. The number of carbonyl (C=O) groups is 1. The molecule has 0 bridgehead atoms. The van der Waals surface area contributed by atoms with Crippen molar-refractivity contribution in [1.82, 2.24) is 0 Å². The Kier molecular flexibility index (Phi) is 4.90. The first-order valence-corrected chi connectivity index (χ1v) is 7.14. The van der Waals surface area contributed by atoms with E-state index < -0.39 is 5.82 Å². The van der Waals surface area contributed by atoms with Crippen molar-refractivity contribution >= 4 is 21.7 Å². The Bertz CT molecular complexity index is 626. The van der Waals surface area contributed by atoms with Gasteiger partial charge in [0.15, 0.2) is 5.78 Å². The Hall–Kier alpha value is -1.68. The number of ketones is 1. The molecule has 0 unspecified atom stereocenters. The van der Waals surface area contributed by atoms with Crippen LogP contribution < -0.4 is 4.74 Å². The fourth-order valence-corrected chi connectivity index (χ4v) is 2.03. The predicted octanol–water partition coefficient (Wildman–Crippen LogP) is 4.61. The molecule has 0 aliphatic heterocycles. The van der Waals surface area contributed by atoms with Crippen LogP contribution in [0.5, 0.6) is 5.75 Å². The molecule has 0 radical (unpaired) electrons. The number of hydrogen-bond acceptors (Lipinski definition) is 2. The number of para-hydroxylation sites is 1. The van der Waals surface area contributed by atoms with Crippen molar-refractivity contribution in [3.63, 3.8) is 0 Å². The molecule has 0 atom stereocenters. The average molecular weight is 337 g/mol. The Morgan fingerprint density at radius 1 is 1.25 bits per heavy atom. The number of hydrogen-bond donors (Lipinski definition) is 0. The van der Waals surface area contributed by atoms with E-state index in [0.717, 1.165) is 6.42 Å². The number of rotatable bonds is 5. The maximum atomic E-state index is 13.5. The van der Waals surface area contributed by atoms with Crippen LogP contribution in [0.2, 0.25) is 0 Å². The van der Waals surface area contributed by atoms with Crippen LogP contribution in [0.3, 0.4) is 0 Å². The summed E-state index contributed by atoms with van der Waals surface area (Å²) in [5, 5.41) is 0. The number of ether oxygens (including phenoxy) is 1. The maximum Gasteiger partial charge on any atom is 0.196 e. The minimum absolute atomic E-state index is 0.247. The molecule has 2 aromatic rings. The number of halogens is 2. The molecule has 4 heteroatoms. The van der Waals surface area contributed by atoms with Crippen LogP contribution in [-0.4, -0.2) is 12.4 Å². The lowest BCUT2D eigenvalue weighted by Crippen LogP contribution is -2.06. The Morgan fingerprint density at radius 2 is 2.00 bits per heavy atom. The molecular formula is C16H14BrFO2. The van der Waals surface area contributed by atoms with Crippen molar-refractivity contribution in [2.75, 3.05) is 6.61 Å². The van der Waals surface area contributed by atoms with E-state index in [-0.39, 0.29) is 5.78 Å². The van der Waals surface area contributed by atoms with Gasteiger partial charge in [0.1, 0.15) is 11.6 Å². The third-order valence-corrected chi connectivity index (χ3v) is 3.42. The lowest BCUT2D eigenvalue weighted by atomic mass is 10.0. The van der Waals surface area contributed by atoms with Crippen LogP contribution in [0.4, 0.5) is 4.39 Å². The molecule has 0 N–H and O–H groups in total. The van der Waals surface area contributed by atoms with Gasteiger partial charge in [0.2, 0.25) is 0 Å². The molecule has 0 aromatic heterocycles. The van der Waals surface area contributed by atoms with Crippen LogP contribution in [0.25, 0.3) is 0 Å². The van der Waals surface area contributed by atoms with Crippen molar-refractivity contribution < 1.29 is 13.9 Å². The average Bonchev–Trinajstić information content (AvgIpc) is 2.47. The summed E-state index contributed by atoms with van der Waals surface area (Å²) in [6.45, 7) is 2.54. The van der Waals surface area contributed by atoms with Crippen LogP contribution >= 0.6 is 15.9 Å². The van der Waals surface area contributed by atoms with E-state index >= 15 is 0 Å². The fourth-order valence-electron chi connectivity index (χ4n) is 1.78. The van der Waals surface area contributed by atoms with E-state index in [1.165, 1.54) is 12.1 Å². The summed E-state index contributed by atoms with van der Waals surface area (Å²) in [4.78, 5) is 12.4. The molecule has 2 nitrogen and oxygen atoms in total. The molecule has 0 saturated carbocycles. The molecule has 20 heavy (non-hydrogen) atoms. The van der Waals surface area contributed by atoms with Gasteiger partial charge < -0.3 is 4.74 Å². The second-order valence-electron chi connectivity index (χ2n) is 4.30. The van der Waals surface area contributed by atoms with Gasteiger partial charge in [0.05, 0.1) is 16.6 Å². The van der Waals surface area contributed by atoms with Crippen LogP contribution in [0.15, 0.2) is 46.9 Å². The van der Waals surface area contributed by atoms with E-state index in [4.69, 9.17) is 4.74 Å². The smallest absolute Gasteiger partial charge is 0.196 e. The summed E-state index contributed by atoms with van der Waals surface area (Å²) in [7, 11) is 0. The first-order valence-electron chi connectivity index (χ1n) is 6.35. The number of benzene rings is 2. The van der Waals surface area contributed by atoms with E-state index in [9.17, 15) is 9.18 Å². The zero-order valence-corrected chi connectivity index (χ0v) is 12.6. The quantitative estimate of drug-likeness (QED) is 0.745. The summed E-state index contributed by atoms with van der Waals surface area (Å²) in [5.41, 5.74) is 0.751. The van der Waals surface area contributed by atoms with E-state index in [2.05, 4.69) is 15.9 Å². The highest BCUT2D eigenvalue weighted by atomic mass is 79.9. The van der Waals surface area contributed by atoms with E-state index in [0.29, 0.717) is 28.0 Å². The lowest BCUT2D eigenvalue weighted by Gasteiger charge is -2.10. The van der Waals surface area contributed by atoms with Gasteiger partial charge in [0.25, 0.3) is 0 Å². The lowest BCUT2D eigenvalue weighted by molar-refractivity contribution is 0.103. The molecule has 0 aliphatic carbocycles. The Balaban J connectivity index is 2.35. The van der Waals surface area contributed by atoms with Crippen molar-refractivity contribution in [2.45, 2.75) is 13.3 Å². The molecule has 104 valence electrons. The second kappa shape index (κ2) is 6.66. The monoisotopic (exact) mass is 336 g/mol. The van der Waals surface area contributed by atoms with E-state index in [1.807, 2.05) is 13.0 Å². The van der Waals surface area contributed by atoms with Gasteiger partial charge in [-0.05, 0) is 52.7 Å². The molecule has 0 amide bonds. The van der Waals surface area contributed by atoms with Gasteiger partial charge >= 0.3 is 0 Å². The summed E-state index contributed by atoms with van der Waals surface area (Å²) in [6, 6.07) is 11.4. The molecule has 0 saturated heterocycles. The van der Waals surface area contributed by atoms with Gasteiger partial charge in [-0.2, -0.15) is 0 Å². The highest BCUT2D eigenvalue weighted by molar-refractivity contribution is 9.10. The topological polar surface area (TPSA) is 26.3 Å². The molecule has 2 rings (SSSR count). The van der Waals surface area contributed by atoms with Gasteiger partial charge in [-0.15, -0.1) is 0 Å². The van der Waals surface area contributed by atoms with Gasteiger partial charge in [-0.1, -0.05) is 19.1 Å². The van der Waals surface area contributed by atoms with Crippen molar-refractivity contribution in [3.8, 4) is 5.75 Å². The Labute approximate surface area is 125 Å². The summed E-state index contributed by atoms with van der Waals surface area (Å²) < 4.78 is 19.4. The predicted molar refractivity (Wildman–Crippen MR) is 79.8 cm³/mol. The second-order valence-corrected chi connectivity index (χ2v) is 5.16. The number of carbonyl (C=O) groups excluding carboxylic acids is 1. The van der Waals surface area contributed by atoms with Gasteiger partial charge in [-0.3, -0.25) is 4.79 Å².